The second-order valence-electron chi connectivity index (χ2n) is 5.96. The summed E-state index contributed by atoms with van der Waals surface area (Å²) in [6.45, 7) is 7.67. The zero-order valence-corrected chi connectivity index (χ0v) is 12.8. The molecule has 0 radical (unpaired) electrons. The average molecular weight is 281 g/mol. The molecule has 19 heavy (non-hydrogen) atoms. The van der Waals surface area contributed by atoms with Crippen LogP contribution in [-0.4, -0.2) is 19.6 Å². The lowest BCUT2D eigenvalue weighted by Crippen LogP contribution is -2.38. The average Bonchev–Trinajstić information content (AvgIpc) is 2.41. The Morgan fingerprint density at radius 3 is 2.58 bits per heavy atom. The molecule has 1 aromatic carbocycles. The number of piperidine rings is 1. The Hall–Kier alpha value is -0.730. The molecule has 1 heterocycles. The molecule has 0 atom stereocenters. The molecule has 0 aliphatic carbocycles. The van der Waals surface area contributed by atoms with Gasteiger partial charge in [0.15, 0.2) is 0 Å². The highest BCUT2D eigenvalue weighted by atomic mass is 35.5. The molecule has 0 unspecified atom stereocenters. The van der Waals surface area contributed by atoms with Gasteiger partial charge in [0.05, 0.1) is 0 Å². The first-order valence-electron chi connectivity index (χ1n) is 7.31. The zero-order valence-electron chi connectivity index (χ0n) is 12.1. The molecular weight excluding hydrogens is 256 g/mol. The quantitative estimate of drug-likeness (QED) is 0.907. The van der Waals surface area contributed by atoms with E-state index in [-0.39, 0.29) is 0 Å². The molecule has 2 rings (SSSR count). The van der Waals surface area contributed by atoms with Gasteiger partial charge in [0.1, 0.15) is 0 Å². The first-order chi connectivity index (χ1) is 9.08. The van der Waals surface area contributed by atoms with E-state index in [9.17, 15) is 0 Å². The fourth-order valence-corrected chi connectivity index (χ4v) is 3.05. The van der Waals surface area contributed by atoms with E-state index < -0.39 is 0 Å². The van der Waals surface area contributed by atoms with Crippen LogP contribution in [0.25, 0.3) is 0 Å². The number of anilines is 1. The lowest BCUT2D eigenvalue weighted by molar-refractivity contribution is 0.238. The van der Waals surface area contributed by atoms with Crippen molar-refractivity contribution < 1.29 is 0 Å². The monoisotopic (exact) mass is 280 g/mol. The van der Waals surface area contributed by atoms with Gasteiger partial charge < -0.3 is 10.6 Å². The van der Waals surface area contributed by atoms with Crippen molar-refractivity contribution in [2.75, 3.05) is 24.5 Å². The molecule has 0 bridgehead atoms. The Morgan fingerprint density at radius 2 is 2.00 bits per heavy atom. The third kappa shape index (κ3) is 3.43. The van der Waals surface area contributed by atoms with Crippen LogP contribution in [0, 0.1) is 5.41 Å². The molecule has 2 N–H and O–H groups in total. The molecule has 106 valence electrons. The predicted molar refractivity (Wildman–Crippen MR) is 84.1 cm³/mol. The second kappa shape index (κ2) is 6.15. The van der Waals surface area contributed by atoms with Crippen molar-refractivity contribution in [1.29, 1.82) is 0 Å². The minimum Gasteiger partial charge on any atom is -0.371 e. The molecule has 2 nitrogen and oxygen atoms in total. The molecule has 0 amide bonds. The van der Waals surface area contributed by atoms with Gasteiger partial charge in [-0.25, -0.2) is 0 Å². The summed E-state index contributed by atoms with van der Waals surface area (Å²) in [6.07, 6.45) is 4.72. The number of nitrogens with zero attached hydrogens (tertiary/aromatic N) is 1. The van der Waals surface area contributed by atoms with E-state index in [0.717, 1.165) is 24.5 Å². The van der Waals surface area contributed by atoms with Crippen molar-refractivity contribution in [3.63, 3.8) is 0 Å². The van der Waals surface area contributed by atoms with E-state index in [1.165, 1.54) is 30.5 Å². The van der Waals surface area contributed by atoms with Crippen molar-refractivity contribution in [3.05, 3.63) is 28.8 Å². The third-order valence-corrected chi connectivity index (χ3v) is 4.86. The lowest BCUT2D eigenvalue weighted by atomic mass is 9.78. The van der Waals surface area contributed by atoms with Gasteiger partial charge in [-0.1, -0.05) is 31.9 Å². The molecule has 0 spiro atoms. The van der Waals surface area contributed by atoms with Crippen molar-refractivity contribution in [3.8, 4) is 0 Å². The maximum Gasteiger partial charge on any atom is 0.0410 e. The highest BCUT2D eigenvalue weighted by molar-refractivity contribution is 6.30. The zero-order chi connectivity index (χ0) is 13.9. The van der Waals surface area contributed by atoms with Crippen LogP contribution in [0.3, 0.4) is 0 Å². The molecule has 1 aliphatic heterocycles. The fraction of sp³-hybridized carbons (Fsp3) is 0.625. The number of hydrogen-bond acceptors (Lipinski definition) is 2. The maximum atomic E-state index is 6.10. The Balaban J connectivity index is 2.15. The second-order valence-corrected chi connectivity index (χ2v) is 6.40. The fourth-order valence-electron chi connectivity index (χ4n) is 2.86. The van der Waals surface area contributed by atoms with Crippen LogP contribution in [0.2, 0.25) is 5.02 Å². The maximum absolute atomic E-state index is 6.10. The van der Waals surface area contributed by atoms with Crippen molar-refractivity contribution in [2.45, 2.75) is 39.5 Å². The molecule has 0 aromatic heterocycles. The van der Waals surface area contributed by atoms with E-state index in [0.29, 0.717) is 12.0 Å². The van der Waals surface area contributed by atoms with Crippen LogP contribution in [0.5, 0.6) is 0 Å². The van der Waals surface area contributed by atoms with Gasteiger partial charge in [0.2, 0.25) is 0 Å². The van der Waals surface area contributed by atoms with Gasteiger partial charge in [-0.15, -0.1) is 0 Å². The Morgan fingerprint density at radius 1 is 1.32 bits per heavy atom. The lowest BCUT2D eigenvalue weighted by Gasteiger charge is -2.40. The first kappa shape index (κ1) is 14.7. The van der Waals surface area contributed by atoms with E-state index in [4.69, 9.17) is 17.3 Å². The van der Waals surface area contributed by atoms with E-state index in [1.807, 2.05) is 6.07 Å². The van der Waals surface area contributed by atoms with Crippen molar-refractivity contribution in [2.24, 2.45) is 11.1 Å². The van der Waals surface area contributed by atoms with E-state index in [2.05, 4.69) is 30.9 Å². The van der Waals surface area contributed by atoms with Gasteiger partial charge in [-0.05, 0) is 55.0 Å². The van der Waals surface area contributed by atoms with Gasteiger partial charge in [-0.2, -0.15) is 0 Å². The Bertz CT molecular complexity index is 423. The summed E-state index contributed by atoms with van der Waals surface area (Å²) in [4.78, 5) is 2.50. The Labute approximate surface area is 121 Å². The van der Waals surface area contributed by atoms with Gasteiger partial charge >= 0.3 is 0 Å². The SMILES string of the molecule is CCC1(C)CCN(c2ccc(Cl)cc2CCN)CC1. The minimum absolute atomic E-state index is 0.525. The third-order valence-electron chi connectivity index (χ3n) is 4.62. The highest BCUT2D eigenvalue weighted by Crippen LogP contribution is 2.36. The standard InChI is InChI=1S/C16H25ClN2/c1-3-16(2)7-10-19(11-8-16)15-5-4-14(17)12-13(15)6-9-18/h4-5,12H,3,6-11,18H2,1-2H3. The summed E-state index contributed by atoms with van der Waals surface area (Å²) >= 11 is 6.10. The summed E-state index contributed by atoms with van der Waals surface area (Å²) in [5.41, 5.74) is 8.85. The smallest absolute Gasteiger partial charge is 0.0410 e. The van der Waals surface area contributed by atoms with Crippen LogP contribution >= 0.6 is 11.6 Å². The number of rotatable bonds is 4. The summed E-state index contributed by atoms with van der Waals surface area (Å²) < 4.78 is 0. The van der Waals surface area contributed by atoms with Gasteiger partial charge in [-0.3, -0.25) is 0 Å². The van der Waals surface area contributed by atoms with Gasteiger partial charge in [0.25, 0.3) is 0 Å². The first-order valence-corrected chi connectivity index (χ1v) is 7.69. The molecule has 0 saturated carbocycles. The summed E-state index contributed by atoms with van der Waals surface area (Å²) in [7, 11) is 0. The summed E-state index contributed by atoms with van der Waals surface area (Å²) in [6, 6.07) is 6.21. The minimum atomic E-state index is 0.525. The predicted octanol–water partition coefficient (Wildman–Crippen LogP) is 3.86. The van der Waals surface area contributed by atoms with E-state index >= 15 is 0 Å². The van der Waals surface area contributed by atoms with Crippen LogP contribution in [0.1, 0.15) is 38.7 Å². The van der Waals surface area contributed by atoms with Crippen molar-refractivity contribution >= 4 is 17.3 Å². The molecule has 1 fully saturated rings. The molecule has 1 aliphatic rings. The number of benzene rings is 1. The molecule has 3 heteroatoms. The number of halogens is 1. The molecule has 1 aromatic rings. The van der Waals surface area contributed by atoms with Gasteiger partial charge in [0, 0.05) is 23.8 Å². The molecular formula is C16H25ClN2. The summed E-state index contributed by atoms with van der Waals surface area (Å²) in [5.74, 6) is 0. The number of hydrogen-bond donors (Lipinski definition) is 1. The van der Waals surface area contributed by atoms with Crippen molar-refractivity contribution in [1.82, 2.24) is 0 Å². The van der Waals surface area contributed by atoms with Crippen LogP contribution in [0.15, 0.2) is 18.2 Å². The number of nitrogens with two attached hydrogens (primary N) is 1. The largest absolute Gasteiger partial charge is 0.371 e. The van der Waals surface area contributed by atoms with Crippen LogP contribution in [-0.2, 0) is 6.42 Å². The Kier molecular flexibility index (Phi) is 4.75. The van der Waals surface area contributed by atoms with E-state index in [1.54, 1.807) is 0 Å². The normalized spacial score (nSPS) is 18.6. The van der Waals surface area contributed by atoms with Crippen LogP contribution < -0.4 is 10.6 Å². The van der Waals surface area contributed by atoms with Crippen LogP contribution in [0.4, 0.5) is 5.69 Å². The molecule has 1 saturated heterocycles. The summed E-state index contributed by atoms with van der Waals surface area (Å²) in [5, 5.41) is 0.808. The highest BCUT2D eigenvalue weighted by Gasteiger charge is 2.28. The topological polar surface area (TPSA) is 29.3 Å².